The van der Waals surface area contributed by atoms with E-state index in [2.05, 4.69) is 5.16 Å². The maximum absolute atomic E-state index is 13.5. The molecule has 0 radical (unpaired) electrons. The highest BCUT2D eigenvalue weighted by atomic mass is 35.5. The van der Waals surface area contributed by atoms with E-state index in [0.717, 1.165) is 17.7 Å². The summed E-state index contributed by atoms with van der Waals surface area (Å²) in [6.45, 7) is 1.31. The van der Waals surface area contributed by atoms with Gasteiger partial charge in [0.1, 0.15) is 11.9 Å². The van der Waals surface area contributed by atoms with Crippen LogP contribution in [0.25, 0.3) is 0 Å². The second-order valence-electron chi connectivity index (χ2n) is 8.91. The zero-order valence-corrected chi connectivity index (χ0v) is 18.9. The van der Waals surface area contributed by atoms with Crippen molar-refractivity contribution in [3.05, 3.63) is 58.1 Å². The van der Waals surface area contributed by atoms with Crippen LogP contribution in [-0.4, -0.2) is 29.6 Å². The number of hydrogen-bond donors (Lipinski definition) is 0. The molecule has 2 bridgehead atoms. The second-order valence-corrected chi connectivity index (χ2v) is 9.75. The van der Waals surface area contributed by atoms with Gasteiger partial charge < -0.3 is 9.57 Å². The van der Waals surface area contributed by atoms with Crippen molar-refractivity contribution < 1.29 is 24.0 Å². The van der Waals surface area contributed by atoms with Crippen LogP contribution in [-0.2, 0) is 19.2 Å². The van der Waals surface area contributed by atoms with Crippen LogP contribution >= 0.6 is 23.2 Å². The molecule has 0 unspecified atom stereocenters. The molecule has 6 rings (SSSR count). The van der Waals surface area contributed by atoms with Crippen LogP contribution in [0.15, 0.2) is 47.6 Å². The van der Waals surface area contributed by atoms with Crippen LogP contribution < -0.4 is 9.64 Å². The molecule has 2 aliphatic carbocycles. The van der Waals surface area contributed by atoms with Gasteiger partial charge in [-0.25, -0.2) is 0 Å². The number of fused-ring (bicyclic) bond motifs is 8. The summed E-state index contributed by atoms with van der Waals surface area (Å²) < 4.78 is 5.05. The van der Waals surface area contributed by atoms with Gasteiger partial charge in [-0.3, -0.25) is 19.3 Å². The van der Waals surface area contributed by atoms with Gasteiger partial charge in [-0.05, 0) is 48.7 Å². The molecule has 4 aliphatic rings. The number of anilines is 1. The fraction of sp³-hybridized carbons (Fsp3) is 0.333. The average Bonchev–Trinajstić information content (AvgIpc) is 3.49. The van der Waals surface area contributed by atoms with E-state index in [4.69, 9.17) is 32.8 Å². The molecule has 33 heavy (non-hydrogen) atoms. The second kappa shape index (κ2) is 7.30. The van der Waals surface area contributed by atoms with E-state index < -0.39 is 17.8 Å². The Bertz CT molecular complexity index is 1240. The molecule has 7 nitrogen and oxygen atoms in total. The van der Waals surface area contributed by atoms with Crippen molar-refractivity contribution in [2.24, 2.45) is 34.7 Å². The van der Waals surface area contributed by atoms with Gasteiger partial charge >= 0.3 is 5.97 Å². The predicted molar refractivity (Wildman–Crippen MR) is 120 cm³/mol. The number of esters is 1. The number of halogens is 2. The third-order valence-electron chi connectivity index (χ3n) is 7.25. The van der Waals surface area contributed by atoms with E-state index in [1.165, 1.54) is 11.8 Å². The molecule has 1 saturated heterocycles. The van der Waals surface area contributed by atoms with Crippen LogP contribution in [0.2, 0.25) is 10.0 Å². The van der Waals surface area contributed by atoms with Gasteiger partial charge in [0.15, 0.2) is 0 Å². The SMILES string of the molecule is CC(=O)Oc1ccc(N2C(=O)[C@@H]3[C@H]4C[C@@H]([C@@H]5ON=C(c6ccc(Cl)cc6Cl)[C@@H]45)[C@H]3C2=O)cc1. The summed E-state index contributed by atoms with van der Waals surface area (Å²) in [5.41, 5.74) is 1.93. The summed E-state index contributed by atoms with van der Waals surface area (Å²) in [4.78, 5) is 45.1. The highest BCUT2D eigenvalue weighted by molar-refractivity contribution is 6.37. The minimum atomic E-state index is -0.438. The first-order valence-corrected chi connectivity index (χ1v) is 11.5. The number of carbonyl (C=O) groups excluding carboxylic acids is 3. The van der Waals surface area contributed by atoms with E-state index in [1.54, 1.807) is 36.4 Å². The van der Waals surface area contributed by atoms with Gasteiger partial charge in [-0.15, -0.1) is 0 Å². The van der Waals surface area contributed by atoms with Gasteiger partial charge in [0.25, 0.3) is 0 Å². The molecular formula is C24H18Cl2N2O5. The molecule has 6 atom stereocenters. The van der Waals surface area contributed by atoms with Gasteiger partial charge in [-0.1, -0.05) is 34.4 Å². The lowest BCUT2D eigenvalue weighted by Gasteiger charge is -2.30. The fourth-order valence-corrected chi connectivity index (χ4v) is 6.63. The van der Waals surface area contributed by atoms with Crippen molar-refractivity contribution in [1.29, 1.82) is 0 Å². The largest absolute Gasteiger partial charge is 0.427 e. The van der Waals surface area contributed by atoms with Crippen LogP contribution in [0.4, 0.5) is 5.69 Å². The summed E-state index contributed by atoms with van der Waals surface area (Å²) in [5.74, 6) is -1.58. The van der Waals surface area contributed by atoms with Crippen LogP contribution in [0.3, 0.4) is 0 Å². The fourth-order valence-electron chi connectivity index (χ4n) is 6.13. The maximum atomic E-state index is 13.5. The number of ether oxygens (including phenoxy) is 1. The third-order valence-corrected chi connectivity index (χ3v) is 7.80. The minimum Gasteiger partial charge on any atom is -0.427 e. The average molecular weight is 485 g/mol. The first kappa shape index (κ1) is 20.7. The Morgan fingerprint density at radius 3 is 2.39 bits per heavy atom. The molecule has 2 heterocycles. The third kappa shape index (κ3) is 2.95. The number of benzene rings is 2. The quantitative estimate of drug-likeness (QED) is 0.372. The zero-order chi connectivity index (χ0) is 23.0. The molecular weight excluding hydrogens is 467 g/mol. The molecule has 2 aromatic rings. The molecule has 2 amide bonds. The van der Waals surface area contributed by atoms with Crippen molar-refractivity contribution in [2.45, 2.75) is 19.4 Å². The summed E-state index contributed by atoms with van der Waals surface area (Å²) in [7, 11) is 0. The van der Waals surface area contributed by atoms with Gasteiger partial charge in [0.05, 0.1) is 28.3 Å². The Labute approximate surface area is 199 Å². The summed E-state index contributed by atoms with van der Waals surface area (Å²) in [6, 6.07) is 11.6. The highest BCUT2D eigenvalue weighted by Crippen LogP contribution is 2.62. The molecule has 3 fully saturated rings. The molecule has 0 N–H and O–H groups in total. The van der Waals surface area contributed by atoms with E-state index >= 15 is 0 Å². The maximum Gasteiger partial charge on any atom is 0.308 e. The number of hydrogen-bond acceptors (Lipinski definition) is 6. The number of nitrogens with zero attached hydrogens (tertiary/aromatic N) is 2. The number of rotatable bonds is 3. The van der Waals surface area contributed by atoms with Crippen molar-refractivity contribution in [3.63, 3.8) is 0 Å². The smallest absolute Gasteiger partial charge is 0.308 e. The van der Waals surface area contributed by atoms with Crippen LogP contribution in [0, 0.1) is 29.6 Å². The summed E-state index contributed by atoms with van der Waals surface area (Å²) in [6.07, 6.45) is 0.493. The van der Waals surface area contributed by atoms with E-state index in [1.807, 2.05) is 6.07 Å². The van der Waals surface area contributed by atoms with Crippen LogP contribution in [0.1, 0.15) is 18.9 Å². The van der Waals surface area contributed by atoms with E-state index in [0.29, 0.717) is 21.5 Å². The van der Waals surface area contributed by atoms with Crippen molar-refractivity contribution in [1.82, 2.24) is 0 Å². The number of amides is 2. The standard InChI is InChI=1S/C24H18Cl2N2O5/c1-10(29)32-13-5-3-12(4-6-13)28-23(30)18-15-9-16(19(18)24(28)31)22-20(15)21(27-33-22)14-7-2-11(25)8-17(14)26/h2-8,15-16,18-20,22H,9H2,1H3/t15-,16-,18-,19-,20-,22+/m1/s1. The Morgan fingerprint density at radius 2 is 1.73 bits per heavy atom. The number of imide groups is 1. The molecule has 168 valence electrons. The zero-order valence-electron chi connectivity index (χ0n) is 17.4. The molecule has 2 aliphatic heterocycles. The number of carbonyl (C=O) groups is 3. The molecule has 0 aromatic heterocycles. The topological polar surface area (TPSA) is 85.3 Å². The molecule has 2 aromatic carbocycles. The van der Waals surface area contributed by atoms with Crippen molar-refractivity contribution in [3.8, 4) is 5.75 Å². The lowest BCUT2D eigenvalue weighted by molar-refractivity contribution is -0.132. The molecule has 2 saturated carbocycles. The first-order valence-electron chi connectivity index (χ1n) is 10.7. The Kier molecular flexibility index (Phi) is 4.58. The normalized spacial score (nSPS) is 31.4. The molecule has 0 spiro atoms. The summed E-state index contributed by atoms with van der Waals surface area (Å²) >= 11 is 12.5. The number of oxime groups is 1. The van der Waals surface area contributed by atoms with E-state index in [9.17, 15) is 14.4 Å². The van der Waals surface area contributed by atoms with E-state index in [-0.39, 0.29) is 35.7 Å². The van der Waals surface area contributed by atoms with Crippen LogP contribution in [0.5, 0.6) is 5.75 Å². The van der Waals surface area contributed by atoms with Crippen molar-refractivity contribution >= 4 is 52.4 Å². The van der Waals surface area contributed by atoms with Gasteiger partial charge in [0, 0.05) is 29.3 Å². The Balaban J connectivity index is 1.30. The van der Waals surface area contributed by atoms with Crippen molar-refractivity contribution in [2.75, 3.05) is 4.90 Å². The Hall–Kier alpha value is -2.90. The highest BCUT2D eigenvalue weighted by Gasteiger charge is 2.70. The monoisotopic (exact) mass is 484 g/mol. The Morgan fingerprint density at radius 1 is 1.03 bits per heavy atom. The first-order chi connectivity index (χ1) is 15.8. The lowest BCUT2D eigenvalue weighted by Crippen LogP contribution is -2.41. The molecule has 9 heteroatoms. The van der Waals surface area contributed by atoms with Gasteiger partial charge in [-0.2, -0.15) is 0 Å². The minimum absolute atomic E-state index is 0.0558. The lowest BCUT2D eigenvalue weighted by atomic mass is 9.71. The predicted octanol–water partition coefficient (Wildman–Crippen LogP) is 4.09. The summed E-state index contributed by atoms with van der Waals surface area (Å²) in [5, 5.41) is 5.33. The van der Waals surface area contributed by atoms with Gasteiger partial charge in [0.2, 0.25) is 11.8 Å².